The van der Waals surface area contributed by atoms with Gasteiger partial charge < -0.3 is 5.32 Å². The second-order valence-corrected chi connectivity index (χ2v) is 4.88. The van der Waals surface area contributed by atoms with E-state index in [9.17, 15) is 4.79 Å². The molecule has 2 nitrogen and oxygen atoms in total. The second-order valence-electron chi connectivity index (χ2n) is 4.88. The molecule has 2 heteroatoms. The van der Waals surface area contributed by atoms with Gasteiger partial charge in [-0.05, 0) is 23.8 Å². The van der Waals surface area contributed by atoms with Crippen molar-refractivity contribution in [2.45, 2.75) is 40.7 Å². The van der Waals surface area contributed by atoms with Crippen molar-refractivity contribution in [2.75, 3.05) is 0 Å². The first-order chi connectivity index (χ1) is 5.84. The van der Waals surface area contributed by atoms with Crippen molar-refractivity contribution in [2.24, 2.45) is 10.8 Å². The van der Waals surface area contributed by atoms with E-state index in [0.717, 1.165) is 0 Å². The van der Waals surface area contributed by atoms with E-state index in [4.69, 9.17) is 0 Å². The molecule has 0 aromatic rings. The van der Waals surface area contributed by atoms with E-state index >= 15 is 0 Å². The molecule has 0 saturated heterocycles. The molecular weight excluding hydrogens is 162 g/mol. The topological polar surface area (TPSA) is 29.1 Å². The summed E-state index contributed by atoms with van der Waals surface area (Å²) in [6.45, 7) is 10.6. The summed E-state index contributed by atoms with van der Waals surface area (Å²) in [6.07, 6.45) is 3.34. The molecule has 1 rings (SSSR count). The van der Waals surface area contributed by atoms with E-state index < -0.39 is 0 Å². The fraction of sp³-hybridized carbons (Fsp3) is 0.727. The Morgan fingerprint density at radius 1 is 1.23 bits per heavy atom. The van der Waals surface area contributed by atoms with Gasteiger partial charge in [-0.1, -0.05) is 33.8 Å². The third kappa shape index (κ3) is 1.50. The number of carbonyl (C=O) groups is 1. The van der Waals surface area contributed by atoms with Gasteiger partial charge in [0.25, 0.3) is 0 Å². The summed E-state index contributed by atoms with van der Waals surface area (Å²) in [7, 11) is 0. The van der Waals surface area contributed by atoms with Crippen molar-refractivity contribution >= 4 is 5.91 Å². The first kappa shape index (κ1) is 10.3. The zero-order chi connectivity index (χ0) is 10.3. The average Bonchev–Trinajstić information content (AvgIpc) is 2.33. The first-order valence-electron chi connectivity index (χ1n) is 4.77. The Hall–Kier alpha value is -0.790. The zero-order valence-electron chi connectivity index (χ0n) is 9.14. The summed E-state index contributed by atoms with van der Waals surface area (Å²) in [4.78, 5) is 11.3. The highest BCUT2D eigenvalue weighted by atomic mass is 16.1. The first-order valence-corrected chi connectivity index (χ1v) is 4.77. The molecule has 0 atom stereocenters. The zero-order valence-corrected chi connectivity index (χ0v) is 9.14. The maximum atomic E-state index is 11.3. The minimum atomic E-state index is 0.0196. The molecule has 1 aliphatic rings. The SMILES string of the molecule is CC=CC(=O)NC1C(C)(C)C1(C)C. The van der Waals surface area contributed by atoms with Crippen molar-refractivity contribution in [3.8, 4) is 0 Å². The number of hydrogen-bond acceptors (Lipinski definition) is 1. The molecule has 0 bridgehead atoms. The smallest absolute Gasteiger partial charge is 0.243 e. The minimum Gasteiger partial charge on any atom is -0.349 e. The number of hydrogen-bond donors (Lipinski definition) is 1. The fourth-order valence-corrected chi connectivity index (χ4v) is 1.90. The van der Waals surface area contributed by atoms with Gasteiger partial charge in [-0.25, -0.2) is 0 Å². The number of amides is 1. The quantitative estimate of drug-likeness (QED) is 0.649. The monoisotopic (exact) mass is 181 g/mol. The standard InChI is InChI=1S/C11H19NO/c1-6-7-8(13)12-9-10(2,3)11(9,4)5/h6-7,9H,1-5H3,(H,12,13). The summed E-state index contributed by atoms with van der Waals surface area (Å²) in [5.41, 5.74) is 0.453. The highest BCUT2D eigenvalue weighted by molar-refractivity contribution is 5.88. The Bertz CT molecular complexity index is 237. The van der Waals surface area contributed by atoms with Gasteiger partial charge in [0.1, 0.15) is 0 Å². The van der Waals surface area contributed by atoms with E-state index in [2.05, 4.69) is 33.0 Å². The van der Waals surface area contributed by atoms with Crippen LogP contribution in [0.25, 0.3) is 0 Å². The van der Waals surface area contributed by atoms with E-state index in [-0.39, 0.29) is 16.7 Å². The minimum absolute atomic E-state index is 0.0196. The van der Waals surface area contributed by atoms with Gasteiger partial charge in [-0.2, -0.15) is 0 Å². The molecule has 1 fully saturated rings. The van der Waals surface area contributed by atoms with Gasteiger partial charge in [0.15, 0.2) is 0 Å². The highest BCUT2D eigenvalue weighted by Gasteiger charge is 2.65. The molecule has 1 saturated carbocycles. The number of allylic oxidation sites excluding steroid dienone is 1. The van der Waals surface area contributed by atoms with E-state index in [1.807, 2.05) is 6.92 Å². The second kappa shape index (κ2) is 2.86. The molecular formula is C11H19NO. The van der Waals surface area contributed by atoms with Crippen molar-refractivity contribution < 1.29 is 4.79 Å². The van der Waals surface area contributed by atoms with Crippen molar-refractivity contribution in [1.29, 1.82) is 0 Å². The highest BCUT2D eigenvalue weighted by Crippen LogP contribution is 2.62. The fourth-order valence-electron chi connectivity index (χ4n) is 1.90. The molecule has 1 N–H and O–H groups in total. The van der Waals surface area contributed by atoms with Crippen LogP contribution in [0, 0.1) is 10.8 Å². The van der Waals surface area contributed by atoms with Crippen molar-refractivity contribution in [3.05, 3.63) is 12.2 Å². The Labute approximate surface area is 80.4 Å². The van der Waals surface area contributed by atoms with Gasteiger partial charge in [-0.3, -0.25) is 4.79 Å². The number of carbonyl (C=O) groups excluding carboxylic acids is 1. The molecule has 0 spiro atoms. The number of nitrogens with one attached hydrogen (secondary N) is 1. The Balaban J connectivity index is 2.56. The van der Waals surface area contributed by atoms with Crippen LogP contribution in [0.1, 0.15) is 34.6 Å². The lowest BCUT2D eigenvalue weighted by Crippen LogP contribution is -2.27. The maximum Gasteiger partial charge on any atom is 0.243 e. The summed E-state index contributed by atoms with van der Waals surface area (Å²) in [6, 6.07) is 0.309. The predicted octanol–water partition coefficient (Wildman–Crippen LogP) is 2.11. The molecule has 74 valence electrons. The van der Waals surface area contributed by atoms with Gasteiger partial charge in [0.2, 0.25) is 5.91 Å². The van der Waals surface area contributed by atoms with Gasteiger partial charge >= 0.3 is 0 Å². The van der Waals surface area contributed by atoms with Crippen LogP contribution in [0.4, 0.5) is 0 Å². The van der Waals surface area contributed by atoms with Gasteiger partial charge in [0, 0.05) is 6.04 Å². The van der Waals surface area contributed by atoms with Crippen LogP contribution < -0.4 is 5.32 Å². The lowest BCUT2D eigenvalue weighted by molar-refractivity contribution is -0.116. The molecule has 0 radical (unpaired) electrons. The van der Waals surface area contributed by atoms with Crippen LogP contribution in [-0.4, -0.2) is 11.9 Å². The molecule has 1 amide bonds. The average molecular weight is 181 g/mol. The predicted molar refractivity (Wildman–Crippen MR) is 54.3 cm³/mol. The number of rotatable bonds is 2. The van der Waals surface area contributed by atoms with E-state index in [0.29, 0.717) is 6.04 Å². The van der Waals surface area contributed by atoms with Crippen molar-refractivity contribution in [1.82, 2.24) is 5.32 Å². The van der Waals surface area contributed by atoms with Crippen molar-refractivity contribution in [3.63, 3.8) is 0 Å². The normalized spacial score (nSPS) is 24.7. The summed E-state index contributed by atoms with van der Waals surface area (Å²) < 4.78 is 0. The van der Waals surface area contributed by atoms with Crippen LogP contribution in [0.15, 0.2) is 12.2 Å². The third-order valence-electron chi connectivity index (χ3n) is 3.63. The molecule has 0 aromatic heterocycles. The molecule has 1 aliphatic carbocycles. The van der Waals surface area contributed by atoms with Crippen LogP contribution >= 0.6 is 0 Å². The van der Waals surface area contributed by atoms with Crippen LogP contribution in [0.2, 0.25) is 0 Å². The summed E-state index contributed by atoms with van der Waals surface area (Å²) in [5, 5.41) is 3.01. The Morgan fingerprint density at radius 2 is 1.69 bits per heavy atom. The molecule has 0 aromatic carbocycles. The third-order valence-corrected chi connectivity index (χ3v) is 3.63. The van der Waals surface area contributed by atoms with Gasteiger partial charge in [-0.15, -0.1) is 0 Å². The molecule has 0 heterocycles. The Morgan fingerprint density at radius 3 is 2.00 bits per heavy atom. The molecule has 0 aliphatic heterocycles. The van der Waals surface area contributed by atoms with Crippen LogP contribution in [-0.2, 0) is 4.79 Å². The lowest BCUT2D eigenvalue weighted by Gasteiger charge is -2.02. The maximum absolute atomic E-state index is 11.3. The van der Waals surface area contributed by atoms with Crippen LogP contribution in [0.5, 0.6) is 0 Å². The molecule has 0 unspecified atom stereocenters. The lowest BCUT2D eigenvalue weighted by atomic mass is 10.0. The summed E-state index contributed by atoms with van der Waals surface area (Å²) >= 11 is 0. The van der Waals surface area contributed by atoms with E-state index in [1.165, 1.54) is 0 Å². The molecule has 13 heavy (non-hydrogen) atoms. The largest absolute Gasteiger partial charge is 0.349 e. The Kier molecular flexibility index (Phi) is 2.27. The van der Waals surface area contributed by atoms with Gasteiger partial charge in [0.05, 0.1) is 0 Å². The van der Waals surface area contributed by atoms with E-state index in [1.54, 1.807) is 12.2 Å². The van der Waals surface area contributed by atoms with Crippen LogP contribution in [0.3, 0.4) is 0 Å². The summed E-state index contributed by atoms with van der Waals surface area (Å²) in [5.74, 6) is 0.0196.